The van der Waals surface area contributed by atoms with Gasteiger partial charge in [0.15, 0.2) is 28.7 Å². The van der Waals surface area contributed by atoms with E-state index >= 15 is 0 Å². The van der Waals surface area contributed by atoms with Crippen molar-refractivity contribution in [2.45, 2.75) is 125 Å². The number of ether oxygens (including phenoxy) is 4. The normalized spacial score (nSPS) is 34.0. The Kier molecular flexibility index (Phi) is 13.6. The molecule has 0 radical (unpaired) electrons. The third kappa shape index (κ3) is 7.37. The van der Waals surface area contributed by atoms with Gasteiger partial charge >= 0.3 is 17.1 Å². The van der Waals surface area contributed by atoms with Gasteiger partial charge in [-0.25, -0.2) is 14.8 Å². The third-order valence-corrected chi connectivity index (χ3v) is 15.7. The Morgan fingerprint density at radius 1 is 0.758 bits per heavy atom. The number of fused-ring (bicyclic) bond motifs is 6. The molecule has 16 heteroatoms. The fourth-order valence-electron chi connectivity index (χ4n) is 12.1. The number of rotatable bonds is 6. The minimum Gasteiger partial charge on any atom is -0.512 e. The zero-order valence-corrected chi connectivity index (χ0v) is 38.0. The van der Waals surface area contributed by atoms with E-state index in [1.165, 1.54) is 5.56 Å². The maximum atomic E-state index is 14.1. The number of nitrogens with zero attached hydrogens (tertiary/aromatic N) is 6. The van der Waals surface area contributed by atoms with Gasteiger partial charge in [0.05, 0.1) is 44.1 Å². The number of nitrogens with two attached hydrogens (primary N) is 2. The Labute approximate surface area is 383 Å². The first kappa shape index (κ1) is 46.1. The molecule has 2 saturated heterocycles. The summed E-state index contributed by atoms with van der Waals surface area (Å²) in [7, 11) is 3.53. The minimum absolute atomic E-state index is 0. The summed E-state index contributed by atoms with van der Waals surface area (Å²) in [4.78, 5) is 45.0. The van der Waals surface area contributed by atoms with Crippen LogP contribution in [0.4, 0.5) is 5.69 Å². The molecular weight excluding hydrogens is 904 g/mol. The summed E-state index contributed by atoms with van der Waals surface area (Å²) in [5.41, 5.74) is 15.0. The molecule has 2 amide bonds. The van der Waals surface area contributed by atoms with Gasteiger partial charge in [-0.3, -0.25) is 19.4 Å². The van der Waals surface area contributed by atoms with Crippen molar-refractivity contribution in [3.8, 4) is 0 Å². The number of hydrogen-bond acceptors (Lipinski definition) is 11. The van der Waals surface area contributed by atoms with Crippen LogP contribution in [0.15, 0.2) is 50.9 Å². The fraction of sp³-hybridized carbons (Fsp3) is 0.609. The van der Waals surface area contributed by atoms with Crippen LogP contribution in [0.25, 0.3) is 4.85 Å². The summed E-state index contributed by atoms with van der Waals surface area (Å²) >= 11 is 3.61. The van der Waals surface area contributed by atoms with Crippen LogP contribution >= 0.6 is 15.9 Å². The van der Waals surface area contributed by atoms with Crippen LogP contribution in [0.1, 0.15) is 99.3 Å². The maximum absolute atomic E-state index is 14.1. The van der Waals surface area contributed by atoms with Gasteiger partial charge in [-0.05, 0) is 124 Å². The van der Waals surface area contributed by atoms with Crippen LogP contribution in [-0.2, 0) is 69.5 Å². The summed E-state index contributed by atoms with van der Waals surface area (Å²) in [6, 6.07) is 12.0. The number of hydrogen-bond donors (Lipinski definition) is 2. The first-order valence-corrected chi connectivity index (χ1v) is 22.5. The fourth-order valence-corrected chi connectivity index (χ4v) is 12.5. The van der Waals surface area contributed by atoms with Gasteiger partial charge in [-0.15, -0.1) is 0 Å². The Morgan fingerprint density at radius 2 is 1.19 bits per heavy atom. The zero-order chi connectivity index (χ0) is 43.2. The molecule has 2 aromatic rings. The SMILES string of the molecule is COC1CCC2(CC1)Cc1ccc(Br)cc1C21N=C(N)N(CC2CCCO2)C1=O.[C-]#N.[C-]#[N+]c1ccc2c(c1)C1(N=C(N)N(CC3CCCO3)C1=O)C1(CCC(OC)CC1)C2.[Cu+]. The van der Waals surface area contributed by atoms with E-state index in [1.54, 1.807) is 24.0 Å². The molecular formula is C46H56BrCuN8O6. The average molecular weight is 960 g/mol. The summed E-state index contributed by atoms with van der Waals surface area (Å²) in [5.74, 6) is 0.599. The molecule has 4 atom stereocenters. The largest absolute Gasteiger partial charge is 1.00 e. The van der Waals surface area contributed by atoms with E-state index in [1.807, 2.05) is 18.2 Å². The predicted octanol–water partition coefficient (Wildman–Crippen LogP) is 6.11. The number of guanidine groups is 2. The van der Waals surface area contributed by atoms with E-state index in [0.717, 1.165) is 124 Å². The van der Waals surface area contributed by atoms with Crippen molar-refractivity contribution in [1.82, 2.24) is 9.80 Å². The Morgan fingerprint density at radius 3 is 1.60 bits per heavy atom. The molecule has 8 aliphatic rings. The molecule has 4 spiro atoms. The molecule has 4 unspecified atom stereocenters. The molecule has 62 heavy (non-hydrogen) atoms. The molecule has 2 saturated carbocycles. The summed E-state index contributed by atoms with van der Waals surface area (Å²) in [6.07, 6.45) is 13.3. The number of carbonyl (C=O) groups is 2. The van der Waals surface area contributed by atoms with Gasteiger partial charge in [-0.2, -0.15) is 0 Å². The van der Waals surface area contributed by atoms with E-state index in [0.29, 0.717) is 24.7 Å². The second-order valence-corrected chi connectivity index (χ2v) is 18.9. The predicted molar refractivity (Wildman–Crippen MR) is 231 cm³/mol. The van der Waals surface area contributed by atoms with Crippen molar-refractivity contribution in [1.29, 1.82) is 5.26 Å². The van der Waals surface area contributed by atoms with Gasteiger partial charge in [0.1, 0.15) is 0 Å². The third-order valence-electron chi connectivity index (χ3n) is 15.2. The van der Waals surface area contributed by atoms with Gasteiger partial charge in [0.25, 0.3) is 11.8 Å². The molecule has 10 rings (SSSR count). The maximum Gasteiger partial charge on any atom is 1.00 e. The van der Waals surface area contributed by atoms with E-state index in [-0.39, 0.29) is 70.1 Å². The van der Waals surface area contributed by atoms with Crippen LogP contribution in [0.5, 0.6) is 0 Å². The van der Waals surface area contributed by atoms with Gasteiger partial charge < -0.3 is 42.2 Å². The summed E-state index contributed by atoms with van der Waals surface area (Å²) in [5, 5.41) is 6.25. The molecule has 2 aromatic carbocycles. The molecule has 4 N–H and O–H groups in total. The van der Waals surface area contributed by atoms with Crippen molar-refractivity contribution in [2.75, 3.05) is 40.5 Å². The van der Waals surface area contributed by atoms with E-state index in [2.05, 4.69) is 39.0 Å². The van der Waals surface area contributed by atoms with Crippen molar-refractivity contribution in [3.05, 3.63) is 81.1 Å². The quantitative estimate of drug-likeness (QED) is 0.255. The van der Waals surface area contributed by atoms with Crippen molar-refractivity contribution < 1.29 is 45.6 Å². The van der Waals surface area contributed by atoms with Crippen LogP contribution in [0, 0.1) is 29.2 Å². The zero-order valence-electron chi connectivity index (χ0n) is 35.5. The van der Waals surface area contributed by atoms with Crippen LogP contribution in [0.2, 0.25) is 0 Å². The Bertz CT molecular complexity index is 2150. The number of benzene rings is 2. The van der Waals surface area contributed by atoms with Crippen LogP contribution in [0.3, 0.4) is 0 Å². The van der Waals surface area contributed by atoms with Crippen molar-refractivity contribution in [3.63, 3.8) is 0 Å². The summed E-state index contributed by atoms with van der Waals surface area (Å²) < 4.78 is 23.8. The number of aliphatic imine (C=N–C) groups is 2. The molecule has 4 aliphatic heterocycles. The molecule has 4 aliphatic carbocycles. The number of carbonyl (C=O) groups excluding carboxylic acids is 2. The van der Waals surface area contributed by atoms with Gasteiger partial charge in [-0.1, -0.05) is 40.2 Å². The van der Waals surface area contributed by atoms with E-state index < -0.39 is 11.1 Å². The van der Waals surface area contributed by atoms with Crippen LogP contribution < -0.4 is 11.5 Å². The number of amides is 2. The van der Waals surface area contributed by atoms with E-state index in [9.17, 15) is 9.59 Å². The first-order valence-electron chi connectivity index (χ1n) is 21.7. The van der Waals surface area contributed by atoms with Crippen molar-refractivity contribution >= 4 is 45.4 Å². The molecule has 334 valence electrons. The Balaban J connectivity index is 0.000000177. The Hall–Kier alpha value is -3.86. The standard InChI is InChI=1S/C23H28N4O3.C22H28BrN3O3.CN.Cu/c1-25-16-6-5-15-13-22(9-7-17(29-2)8-10-22)23(19(15)12-16)20(28)27(21(24)26-23)14-18-4-3-11-30-18;1-28-16-6-8-21(9-7-16)12-14-4-5-15(23)11-18(14)22(21)19(27)26(20(24)25-22)13-17-3-2-10-29-17;1-2;/h5-6,12,17-18H,3-4,7-11,13-14H2,2H3,(H2,24,26);4-5,11,16-17H,2-3,6-10,12-13H2,1H3,(H2,24,25);;/q;;-1;+1. The van der Waals surface area contributed by atoms with Gasteiger partial charge in [0.2, 0.25) is 0 Å². The first-order chi connectivity index (χ1) is 29.5. The molecule has 4 heterocycles. The molecule has 0 aromatic heterocycles. The molecule has 0 bridgehead atoms. The van der Waals surface area contributed by atoms with E-state index in [4.69, 9.17) is 58.8 Å². The monoisotopic (exact) mass is 958 g/mol. The van der Waals surface area contributed by atoms with Gasteiger partial charge in [0, 0.05) is 42.7 Å². The minimum atomic E-state index is -1.04. The second-order valence-electron chi connectivity index (χ2n) is 18.0. The van der Waals surface area contributed by atoms with Crippen LogP contribution in [-0.4, -0.2) is 98.5 Å². The number of halogens is 1. The van der Waals surface area contributed by atoms with Crippen molar-refractivity contribution in [2.24, 2.45) is 32.3 Å². The topological polar surface area (TPSA) is 182 Å². The average Bonchev–Trinajstić information content (AvgIpc) is 4.15. The second kappa shape index (κ2) is 18.3. The number of methoxy groups -OCH3 is 2. The molecule has 4 fully saturated rings. The smallest absolute Gasteiger partial charge is 0.512 e. The summed E-state index contributed by atoms with van der Waals surface area (Å²) in [6.45, 7) is 14.7. The molecule has 14 nitrogen and oxygen atoms in total.